The topological polar surface area (TPSA) is 93.3 Å². The predicted molar refractivity (Wildman–Crippen MR) is 93.7 cm³/mol. The number of fused-ring (bicyclic) bond motifs is 2. The Morgan fingerprint density at radius 3 is 2.85 bits per heavy atom. The Hall–Kier alpha value is -3.16. The molecule has 134 valence electrons. The first-order chi connectivity index (χ1) is 12.5. The Morgan fingerprint density at radius 2 is 2.04 bits per heavy atom. The van der Waals surface area contributed by atoms with Crippen molar-refractivity contribution in [1.29, 1.82) is 0 Å². The van der Waals surface area contributed by atoms with Gasteiger partial charge in [0.25, 0.3) is 0 Å². The molecule has 4 rings (SSSR count). The molecule has 1 aliphatic rings. The molecule has 1 aliphatic heterocycles. The molecule has 2 aromatic heterocycles. The van der Waals surface area contributed by atoms with Gasteiger partial charge in [0.05, 0.1) is 29.6 Å². The van der Waals surface area contributed by atoms with E-state index in [9.17, 15) is 9.59 Å². The molecule has 0 saturated carbocycles. The first-order valence-electron chi connectivity index (χ1n) is 8.55. The molecule has 3 heterocycles. The number of amides is 1. The maximum Gasteiger partial charge on any atom is 0.356 e. The Morgan fingerprint density at radius 1 is 1.23 bits per heavy atom. The molecule has 0 aliphatic carbocycles. The fourth-order valence-corrected chi connectivity index (χ4v) is 3.43. The van der Waals surface area contributed by atoms with Crippen LogP contribution in [-0.4, -0.2) is 47.8 Å². The van der Waals surface area contributed by atoms with Crippen LogP contribution in [0, 0.1) is 0 Å². The van der Waals surface area contributed by atoms with Gasteiger partial charge in [0.1, 0.15) is 6.04 Å². The van der Waals surface area contributed by atoms with Crippen molar-refractivity contribution in [3.05, 3.63) is 48.0 Å². The summed E-state index contributed by atoms with van der Waals surface area (Å²) in [5, 5.41) is 13.2. The third kappa shape index (κ3) is 2.73. The lowest BCUT2D eigenvalue weighted by Crippen LogP contribution is -2.35. The summed E-state index contributed by atoms with van der Waals surface area (Å²) in [6.45, 7) is 3.44. The zero-order valence-electron chi connectivity index (χ0n) is 14.4. The first kappa shape index (κ1) is 16.3. The number of carboxylic acid groups (broad SMARTS) is 1. The monoisotopic (exact) mass is 353 g/mol. The summed E-state index contributed by atoms with van der Waals surface area (Å²) in [4.78, 5) is 30.3. The minimum Gasteiger partial charge on any atom is -0.476 e. The number of imidazole rings is 1. The molecule has 1 amide bonds. The number of carbonyl (C=O) groups is 2. The van der Waals surface area contributed by atoms with E-state index in [1.54, 1.807) is 22.0 Å². The highest BCUT2D eigenvalue weighted by Crippen LogP contribution is 2.21. The lowest BCUT2D eigenvalue weighted by Gasteiger charge is -2.24. The average Bonchev–Trinajstić information content (AvgIpc) is 3.19. The molecule has 0 radical (unpaired) electrons. The largest absolute Gasteiger partial charge is 0.476 e. The van der Waals surface area contributed by atoms with Crippen LogP contribution in [0.2, 0.25) is 0 Å². The predicted octanol–water partition coefficient (Wildman–Crippen LogP) is 1.92. The summed E-state index contributed by atoms with van der Waals surface area (Å²) in [6, 6.07) is 8.86. The van der Waals surface area contributed by atoms with E-state index < -0.39 is 12.0 Å². The molecular weight excluding hydrogens is 334 g/mol. The fourth-order valence-electron chi connectivity index (χ4n) is 3.43. The van der Waals surface area contributed by atoms with Gasteiger partial charge in [-0.3, -0.25) is 9.48 Å². The van der Waals surface area contributed by atoms with Crippen molar-refractivity contribution < 1.29 is 14.7 Å². The first-order valence-corrected chi connectivity index (χ1v) is 8.55. The van der Waals surface area contributed by atoms with Crippen molar-refractivity contribution in [3.8, 4) is 0 Å². The Bertz CT molecular complexity index is 990. The number of para-hydroxylation sites is 2. The summed E-state index contributed by atoms with van der Waals surface area (Å²) in [6.07, 6.45) is 2.43. The van der Waals surface area contributed by atoms with E-state index in [0.717, 1.165) is 23.1 Å². The maximum atomic E-state index is 13.1. The van der Waals surface area contributed by atoms with Gasteiger partial charge in [-0.1, -0.05) is 12.1 Å². The molecule has 0 saturated heterocycles. The van der Waals surface area contributed by atoms with Crippen LogP contribution in [0.25, 0.3) is 11.0 Å². The van der Waals surface area contributed by atoms with E-state index in [1.807, 2.05) is 35.8 Å². The third-order valence-electron chi connectivity index (χ3n) is 4.80. The molecule has 1 aromatic carbocycles. The van der Waals surface area contributed by atoms with Crippen molar-refractivity contribution in [2.24, 2.45) is 0 Å². The number of aromatic nitrogens is 4. The smallest absolute Gasteiger partial charge is 0.356 e. The molecule has 0 spiro atoms. The fraction of sp³-hybridized carbons (Fsp3) is 0.333. The minimum absolute atomic E-state index is 0.0142. The van der Waals surface area contributed by atoms with Crippen molar-refractivity contribution in [1.82, 2.24) is 24.2 Å². The zero-order valence-corrected chi connectivity index (χ0v) is 14.4. The third-order valence-corrected chi connectivity index (χ3v) is 4.80. The number of hydrogen-bond donors (Lipinski definition) is 1. The average molecular weight is 353 g/mol. The van der Waals surface area contributed by atoms with Crippen LogP contribution in [0.1, 0.15) is 35.6 Å². The second-order valence-electron chi connectivity index (χ2n) is 6.48. The van der Waals surface area contributed by atoms with E-state index in [4.69, 9.17) is 5.11 Å². The second kappa shape index (κ2) is 6.29. The molecule has 8 heteroatoms. The van der Waals surface area contributed by atoms with Crippen LogP contribution < -0.4 is 0 Å². The Kier molecular flexibility index (Phi) is 3.95. The lowest BCUT2D eigenvalue weighted by molar-refractivity contribution is -0.134. The summed E-state index contributed by atoms with van der Waals surface area (Å²) in [7, 11) is 0. The number of nitrogens with zero attached hydrogens (tertiary/aromatic N) is 5. The highest BCUT2D eigenvalue weighted by Gasteiger charge is 2.26. The molecule has 8 nitrogen and oxygen atoms in total. The van der Waals surface area contributed by atoms with Crippen molar-refractivity contribution in [3.63, 3.8) is 0 Å². The summed E-state index contributed by atoms with van der Waals surface area (Å²) in [5.74, 6) is -1.07. The van der Waals surface area contributed by atoms with Gasteiger partial charge < -0.3 is 14.6 Å². The number of carboxylic acids is 1. The second-order valence-corrected chi connectivity index (χ2v) is 6.48. The van der Waals surface area contributed by atoms with E-state index in [1.165, 1.54) is 0 Å². The number of hydrogen-bond acceptors (Lipinski definition) is 4. The van der Waals surface area contributed by atoms with Crippen molar-refractivity contribution in [2.45, 2.75) is 32.5 Å². The standard InChI is InChI=1S/C18H19N5O3/c1-12(22-11-19-14-5-2-3-6-16(14)22)17(24)21-7-4-8-23-13(10-21)9-15(20-23)18(25)26/h2-3,5-6,9,11-12H,4,7-8,10H2,1H3,(H,25,26)/t12-/m1/s1. The van der Waals surface area contributed by atoms with Crippen LogP contribution >= 0.6 is 0 Å². The van der Waals surface area contributed by atoms with Gasteiger partial charge in [-0.05, 0) is 31.5 Å². The van der Waals surface area contributed by atoms with Crippen LogP contribution in [-0.2, 0) is 17.9 Å². The van der Waals surface area contributed by atoms with E-state index in [2.05, 4.69) is 10.1 Å². The summed E-state index contributed by atoms with van der Waals surface area (Å²) in [5.41, 5.74) is 2.53. The van der Waals surface area contributed by atoms with Gasteiger partial charge in [0.15, 0.2) is 5.69 Å². The van der Waals surface area contributed by atoms with Gasteiger partial charge in [-0.25, -0.2) is 9.78 Å². The molecular formula is C18H19N5O3. The van der Waals surface area contributed by atoms with Crippen LogP contribution in [0.5, 0.6) is 0 Å². The molecule has 1 N–H and O–H groups in total. The highest BCUT2D eigenvalue weighted by molar-refractivity contribution is 5.86. The molecule has 0 unspecified atom stereocenters. The van der Waals surface area contributed by atoms with E-state index in [-0.39, 0.29) is 11.6 Å². The van der Waals surface area contributed by atoms with Crippen LogP contribution in [0.15, 0.2) is 36.7 Å². The summed E-state index contributed by atoms with van der Waals surface area (Å²) < 4.78 is 3.57. The minimum atomic E-state index is -1.05. The molecule has 0 fully saturated rings. The number of carbonyl (C=O) groups excluding carboxylic acids is 1. The number of rotatable bonds is 3. The molecule has 0 bridgehead atoms. The van der Waals surface area contributed by atoms with Gasteiger partial charge >= 0.3 is 5.97 Å². The highest BCUT2D eigenvalue weighted by atomic mass is 16.4. The number of aromatic carboxylic acids is 1. The van der Waals surface area contributed by atoms with Crippen molar-refractivity contribution >= 4 is 22.9 Å². The normalized spacial score (nSPS) is 15.5. The molecule has 3 aromatic rings. The summed E-state index contributed by atoms with van der Waals surface area (Å²) >= 11 is 0. The Labute approximate surface area is 149 Å². The molecule has 26 heavy (non-hydrogen) atoms. The molecule has 1 atom stereocenters. The van der Waals surface area contributed by atoms with E-state index >= 15 is 0 Å². The van der Waals surface area contributed by atoms with Gasteiger partial charge in [-0.15, -0.1) is 0 Å². The Balaban J connectivity index is 1.60. The maximum absolute atomic E-state index is 13.1. The number of benzene rings is 1. The van der Waals surface area contributed by atoms with Gasteiger partial charge in [-0.2, -0.15) is 5.10 Å². The zero-order chi connectivity index (χ0) is 18.3. The van der Waals surface area contributed by atoms with E-state index in [0.29, 0.717) is 19.6 Å². The van der Waals surface area contributed by atoms with Crippen molar-refractivity contribution in [2.75, 3.05) is 6.54 Å². The van der Waals surface area contributed by atoms with Gasteiger partial charge in [0, 0.05) is 13.1 Å². The van der Waals surface area contributed by atoms with Crippen LogP contribution in [0.4, 0.5) is 0 Å². The SMILES string of the molecule is C[C@H](C(=O)N1CCCn2nc(C(=O)O)cc2C1)n1cnc2ccccc21. The lowest BCUT2D eigenvalue weighted by atomic mass is 10.2. The van der Waals surface area contributed by atoms with Gasteiger partial charge in [0.2, 0.25) is 5.91 Å². The van der Waals surface area contributed by atoms with Crippen LogP contribution in [0.3, 0.4) is 0 Å². The quantitative estimate of drug-likeness (QED) is 0.776. The number of aryl methyl sites for hydroxylation is 1.